The Balaban J connectivity index is 1.79. The summed E-state index contributed by atoms with van der Waals surface area (Å²) in [5, 5.41) is 27.8. The lowest BCUT2D eigenvalue weighted by molar-refractivity contribution is 0.449. The van der Waals surface area contributed by atoms with Crippen molar-refractivity contribution in [1.82, 2.24) is 15.2 Å². The van der Waals surface area contributed by atoms with Gasteiger partial charge < -0.3 is 10.2 Å². The van der Waals surface area contributed by atoms with Crippen LogP contribution in [0.3, 0.4) is 0 Å². The molecule has 29 heavy (non-hydrogen) atoms. The Kier molecular flexibility index (Phi) is 4.59. The Bertz CT molecular complexity index is 1160. The van der Waals surface area contributed by atoms with Crippen molar-refractivity contribution in [3.63, 3.8) is 0 Å². The van der Waals surface area contributed by atoms with Crippen LogP contribution in [0.2, 0.25) is 0 Å². The monoisotopic (exact) mass is 385 g/mol. The molecule has 0 saturated heterocycles. The third kappa shape index (κ3) is 3.36. The molecular formula is C24H23N3O2. The van der Waals surface area contributed by atoms with Gasteiger partial charge in [-0.3, -0.25) is 10.1 Å². The predicted octanol–water partition coefficient (Wildman–Crippen LogP) is 4.97. The molecule has 4 rings (SSSR count). The van der Waals surface area contributed by atoms with E-state index < -0.39 is 0 Å². The fourth-order valence-electron chi connectivity index (χ4n) is 3.62. The van der Waals surface area contributed by atoms with E-state index in [4.69, 9.17) is 0 Å². The molecule has 1 aromatic carbocycles. The predicted molar refractivity (Wildman–Crippen MR) is 115 cm³/mol. The highest BCUT2D eigenvalue weighted by atomic mass is 16.3. The molecule has 1 aliphatic rings. The van der Waals surface area contributed by atoms with Crippen molar-refractivity contribution in [2.75, 3.05) is 0 Å². The molecule has 1 aliphatic carbocycles. The van der Waals surface area contributed by atoms with Crippen LogP contribution >= 0.6 is 0 Å². The number of hydrogen-bond donors (Lipinski definition) is 3. The van der Waals surface area contributed by atoms with Gasteiger partial charge in [0.2, 0.25) is 0 Å². The smallest absolute Gasteiger partial charge is 0.128 e. The summed E-state index contributed by atoms with van der Waals surface area (Å²) in [7, 11) is 0. The van der Waals surface area contributed by atoms with Crippen LogP contribution in [0.4, 0.5) is 0 Å². The number of rotatable bonds is 3. The second-order valence-corrected chi connectivity index (χ2v) is 7.57. The molecule has 1 atom stereocenters. The maximum atomic E-state index is 10.4. The molecule has 1 unspecified atom stereocenters. The van der Waals surface area contributed by atoms with Crippen molar-refractivity contribution in [1.29, 1.82) is 0 Å². The summed E-state index contributed by atoms with van der Waals surface area (Å²) in [6, 6.07) is 7.11. The summed E-state index contributed by atoms with van der Waals surface area (Å²) in [5.74, 6) is 0.0543. The Labute approximate surface area is 169 Å². The first kappa shape index (κ1) is 18.7. The van der Waals surface area contributed by atoms with Gasteiger partial charge in [-0.05, 0) is 49.6 Å². The number of aromatic hydroxyl groups is 2. The molecule has 0 spiro atoms. The van der Waals surface area contributed by atoms with Gasteiger partial charge in [-0.2, -0.15) is 5.10 Å². The first-order valence-electron chi connectivity index (χ1n) is 9.46. The minimum absolute atomic E-state index is 0.00482. The fraction of sp³-hybridized carbons (Fsp3) is 0.167. The number of pyridine rings is 1. The number of aryl methyl sites for hydroxylation is 2. The quantitative estimate of drug-likeness (QED) is 0.595. The van der Waals surface area contributed by atoms with Crippen molar-refractivity contribution >= 4 is 5.57 Å². The largest absolute Gasteiger partial charge is 0.508 e. The van der Waals surface area contributed by atoms with Crippen molar-refractivity contribution < 1.29 is 10.2 Å². The topological polar surface area (TPSA) is 82.0 Å². The molecule has 3 aromatic rings. The minimum atomic E-state index is -0.276. The van der Waals surface area contributed by atoms with Gasteiger partial charge in [-0.25, -0.2) is 0 Å². The van der Waals surface area contributed by atoms with Gasteiger partial charge in [0, 0.05) is 40.7 Å². The Morgan fingerprint density at radius 3 is 2.66 bits per heavy atom. The maximum Gasteiger partial charge on any atom is 0.128 e. The fourth-order valence-corrected chi connectivity index (χ4v) is 3.62. The number of nitrogens with zero attached hydrogens (tertiary/aromatic N) is 2. The van der Waals surface area contributed by atoms with E-state index in [2.05, 4.69) is 46.4 Å². The van der Waals surface area contributed by atoms with Gasteiger partial charge in [0.15, 0.2) is 0 Å². The van der Waals surface area contributed by atoms with E-state index in [1.54, 1.807) is 19.2 Å². The van der Waals surface area contributed by atoms with E-state index in [9.17, 15) is 10.2 Å². The normalized spacial score (nSPS) is 18.5. The molecule has 0 saturated carbocycles. The van der Waals surface area contributed by atoms with Gasteiger partial charge in [0.05, 0.1) is 0 Å². The molecule has 0 fully saturated rings. The van der Waals surface area contributed by atoms with Crippen LogP contribution in [0.1, 0.15) is 29.3 Å². The molecule has 146 valence electrons. The van der Waals surface area contributed by atoms with Crippen LogP contribution in [-0.2, 0) is 5.41 Å². The molecular weight excluding hydrogens is 362 g/mol. The summed E-state index contributed by atoms with van der Waals surface area (Å²) in [4.78, 5) is 4.25. The Morgan fingerprint density at radius 1 is 1.07 bits per heavy atom. The summed E-state index contributed by atoms with van der Waals surface area (Å²) in [6.07, 6.45) is 14.1. The number of phenols is 2. The van der Waals surface area contributed by atoms with Crippen LogP contribution in [-0.4, -0.2) is 25.4 Å². The average molecular weight is 385 g/mol. The number of hydrogen-bond acceptors (Lipinski definition) is 4. The number of phenolic OH excluding ortho intramolecular Hbond substituents is 2. The molecule has 0 bridgehead atoms. The van der Waals surface area contributed by atoms with E-state index in [0.717, 1.165) is 22.4 Å². The third-order valence-electron chi connectivity index (χ3n) is 5.42. The second-order valence-electron chi connectivity index (χ2n) is 7.57. The first-order chi connectivity index (χ1) is 13.9. The highest BCUT2D eigenvalue weighted by Crippen LogP contribution is 2.39. The Morgan fingerprint density at radius 2 is 1.90 bits per heavy atom. The van der Waals surface area contributed by atoms with Crippen molar-refractivity contribution in [2.24, 2.45) is 0 Å². The van der Waals surface area contributed by atoms with E-state index in [1.807, 2.05) is 31.3 Å². The Hall–Kier alpha value is -3.60. The van der Waals surface area contributed by atoms with E-state index in [0.29, 0.717) is 16.8 Å². The molecule has 2 heterocycles. The van der Waals surface area contributed by atoms with E-state index >= 15 is 0 Å². The zero-order valence-corrected chi connectivity index (χ0v) is 16.6. The van der Waals surface area contributed by atoms with E-state index in [1.165, 1.54) is 6.07 Å². The highest BCUT2D eigenvalue weighted by molar-refractivity contribution is 5.88. The van der Waals surface area contributed by atoms with Crippen molar-refractivity contribution in [2.45, 2.75) is 26.2 Å². The number of H-pyrrole nitrogens is 1. The zero-order chi connectivity index (χ0) is 20.6. The zero-order valence-electron chi connectivity index (χ0n) is 16.6. The van der Waals surface area contributed by atoms with Crippen LogP contribution in [0.25, 0.3) is 16.8 Å². The summed E-state index contributed by atoms with van der Waals surface area (Å²) in [6.45, 7) is 5.90. The van der Waals surface area contributed by atoms with Gasteiger partial charge in [0.1, 0.15) is 17.2 Å². The number of nitrogens with one attached hydrogen (secondary N) is 1. The van der Waals surface area contributed by atoms with Crippen LogP contribution in [0.15, 0.2) is 67.0 Å². The van der Waals surface area contributed by atoms with E-state index in [-0.39, 0.29) is 16.9 Å². The lowest BCUT2D eigenvalue weighted by atomic mass is 9.83. The number of aromatic amines is 1. The second kappa shape index (κ2) is 7.09. The highest BCUT2D eigenvalue weighted by Gasteiger charge is 2.24. The first-order valence-corrected chi connectivity index (χ1v) is 9.46. The van der Waals surface area contributed by atoms with Gasteiger partial charge in [-0.1, -0.05) is 36.4 Å². The standard InChI is InChI=1S/C24H23N3O2/c1-15-12-19(21(29)13-20(15)28)23-22(16(2)26-27-23)17-6-4-9-24(3,10-8-17)18-7-5-11-25-14-18/h4-14,28-29H,1-3H3,(H,26,27). The third-order valence-corrected chi connectivity index (χ3v) is 5.42. The molecule has 0 radical (unpaired) electrons. The average Bonchev–Trinajstić information content (AvgIpc) is 2.97. The minimum Gasteiger partial charge on any atom is -0.508 e. The van der Waals surface area contributed by atoms with Crippen molar-refractivity contribution in [3.05, 3.63) is 89.4 Å². The van der Waals surface area contributed by atoms with Crippen LogP contribution < -0.4 is 0 Å². The molecule has 0 aliphatic heterocycles. The van der Waals surface area contributed by atoms with Crippen LogP contribution in [0.5, 0.6) is 11.5 Å². The lowest BCUT2D eigenvalue weighted by Gasteiger charge is -2.21. The van der Waals surface area contributed by atoms with Gasteiger partial charge in [-0.15, -0.1) is 0 Å². The number of benzene rings is 1. The number of allylic oxidation sites excluding steroid dienone is 6. The molecule has 5 nitrogen and oxygen atoms in total. The lowest BCUT2D eigenvalue weighted by Crippen LogP contribution is -2.15. The van der Waals surface area contributed by atoms with Gasteiger partial charge in [0.25, 0.3) is 0 Å². The maximum absolute atomic E-state index is 10.4. The molecule has 2 aromatic heterocycles. The summed E-state index contributed by atoms with van der Waals surface area (Å²) in [5.41, 5.74) is 5.55. The molecule has 3 N–H and O–H groups in total. The number of aromatic nitrogens is 3. The van der Waals surface area contributed by atoms with Gasteiger partial charge >= 0.3 is 0 Å². The summed E-state index contributed by atoms with van der Waals surface area (Å²) >= 11 is 0. The molecule has 0 amide bonds. The molecule has 5 heteroatoms. The SMILES string of the molecule is Cc1cc(-c2n[nH]c(C)c2C2=CC=CC(C)(c3cccnc3)C=C2)c(O)cc1O. The van der Waals surface area contributed by atoms with Crippen molar-refractivity contribution in [3.8, 4) is 22.8 Å². The summed E-state index contributed by atoms with van der Waals surface area (Å²) < 4.78 is 0. The van der Waals surface area contributed by atoms with Crippen LogP contribution in [0, 0.1) is 13.8 Å².